The summed E-state index contributed by atoms with van der Waals surface area (Å²) in [6, 6.07) is 9.44. The van der Waals surface area contributed by atoms with Gasteiger partial charge in [-0.05, 0) is 61.6 Å². The molecule has 0 radical (unpaired) electrons. The molecule has 1 fully saturated rings. The first kappa shape index (κ1) is 21.9. The minimum Gasteiger partial charge on any atom is -0.493 e. The quantitative estimate of drug-likeness (QED) is 0.501. The Labute approximate surface area is 187 Å². The number of nitrogens with one attached hydrogen (secondary N) is 1. The summed E-state index contributed by atoms with van der Waals surface area (Å²) < 4.78 is 22.8. The molecule has 0 aliphatic heterocycles. The summed E-state index contributed by atoms with van der Waals surface area (Å²) in [5.74, 6) is 1.32. The van der Waals surface area contributed by atoms with E-state index in [9.17, 15) is 9.90 Å². The van der Waals surface area contributed by atoms with Gasteiger partial charge in [-0.2, -0.15) is 0 Å². The third-order valence-corrected chi connectivity index (χ3v) is 6.03. The van der Waals surface area contributed by atoms with Crippen molar-refractivity contribution in [2.45, 2.75) is 44.6 Å². The summed E-state index contributed by atoms with van der Waals surface area (Å²) in [5, 5.41) is 10.5. The SMILES string of the molecule is COc1ccc(-c2[nH]c3ccc(OC4CCCCC4)cc3c2CC(=O)O)c(OC)c1OC. The molecule has 1 aliphatic rings. The zero-order valence-electron chi connectivity index (χ0n) is 18.7. The molecule has 32 heavy (non-hydrogen) atoms. The average molecular weight is 440 g/mol. The van der Waals surface area contributed by atoms with Gasteiger partial charge in [0.1, 0.15) is 5.75 Å². The lowest BCUT2D eigenvalue weighted by atomic mass is 9.97. The zero-order chi connectivity index (χ0) is 22.7. The maximum absolute atomic E-state index is 11.8. The third kappa shape index (κ3) is 4.20. The standard InChI is InChI=1S/C25H29NO6/c1-29-21-12-10-17(24(30-2)25(21)31-3)23-19(14-22(27)28)18-13-16(9-11-20(18)26-23)32-15-7-5-4-6-8-15/h9-13,15,26H,4-8,14H2,1-3H3,(H,27,28). The first-order valence-electron chi connectivity index (χ1n) is 10.9. The fourth-order valence-corrected chi connectivity index (χ4v) is 4.54. The van der Waals surface area contributed by atoms with E-state index >= 15 is 0 Å². The van der Waals surface area contributed by atoms with Gasteiger partial charge in [-0.25, -0.2) is 0 Å². The lowest BCUT2D eigenvalue weighted by molar-refractivity contribution is -0.136. The highest BCUT2D eigenvalue weighted by atomic mass is 16.5. The fraction of sp³-hybridized carbons (Fsp3) is 0.400. The summed E-state index contributed by atoms with van der Waals surface area (Å²) in [6.07, 6.45) is 5.82. The smallest absolute Gasteiger partial charge is 0.307 e. The lowest BCUT2D eigenvalue weighted by Gasteiger charge is -2.23. The highest BCUT2D eigenvalue weighted by molar-refractivity contribution is 5.96. The molecule has 3 aromatic rings. The van der Waals surface area contributed by atoms with Gasteiger partial charge in [0.15, 0.2) is 11.5 Å². The van der Waals surface area contributed by atoms with Crippen LogP contribution in [0, 0.1) is 0 Å². The number of fused-ring (bicyclic) bond motifs is 1. The minimum absolute atomic E-state index is 0.139. The van der Waals surface area contributed by atoms with E-state index in [2.05, 4.69) is 4.98 Å². The number of hydrogen-bond acceptors (Lipinski definition) is 5. The van der Waals surface area contributed by atoms with E-state index in [4.69, 9.17) is 18.9 Å². The van der Waals surface area contributed by atoms with E-state index in [1.54, 1.807) is 27.4 Å². The molecule has 2 aromatic carbocycles. The predicted octanol–water partition coefficient (Wildman–Crippen LogP) is 5.20. The summed E-state index contributed by atoms with van der Waals surface area (Å²) in [6.45, 7) is 0. The highest BCUT2D eigenvalue weighted by Crippen LogP contribution is 2.46. The second kappa shape index (κ2) is 9.42. The number of benzene rings is 2. The van der Waals surface area contributed by atoms with Crippen molar-refractivity contribution in [2.75, 3.05) is 21.3 Å². The van der Waals surface area contributed by atoms with Gasteiger partial charge in [0.2, 0.25) is 5.75 Å². The first-order valence-corrected chi connectivity index (χ1v) is 10.9. The van der Waals surface area contributed by atoms with Gasteiger partial charge >= 0.3 is 5.97 Å². The van der Waals surface area contributed by atoms with Crippen LogP contribution in [0.4, 0.5) is 0 Å². The molecule has 7 heteroatoms. The molecule has 1 heterocycles. The van der Waals surface area contributed by atoms with Crippen molar-refractivity contribution in [3.63, 3.8) is 0 Å². The second-order valence-electron chi connectivity index (χ2n) is 8.02. The van der Waals surface area contributed by atoms with Gasteiger partial charge in [0.05, 0.1) is 39.5 Å². The number of rotatable bonds is 8. The van der Waals surface area contributed by atoms with E-state index in [-0.39, 0.29) is 12.5 Å². The molecule has 0 atom stereocenters. The van der Waals surface area contributed by atoms with Crippen LogP contribution in [0.2, 0.25) is 0 Å². The maximum Gasteiger partial charge on any atom is 0.307 e. The van der Waals surface area contributed by atoms with Crippen molar-refractivity contribution >= 4 is 16.9 Å². The number of aromatic nitrogens is 1. The number of carbonyl (C=O) groups is 1. The predicted molar refractivity (Wildman–Crippen MR) is 122 cm³/mol. The van der Waals surface area contributed by atoms with Crippen molar-refractivity contribution in [1.82, 2.24) is 4.98 Å². The Morgan fingerprint density at radius 3 is 2.41 bits per heavy atom. The third-order valence-electron chi connectivity index (χ3n) is 6.03. The molecule has 0 amide bonds. The normalized spacial score (nSPS) is 14.3. The number of ether oxygens (including phenoxy) is 4. The van der Waals surface area contributed by atoms with E-state index in [1.165, 1.54) is 19.3 Å². The molecule has 0 unspecified atom stereocenters. The molecule has 0 bridgehead atoms. The molecule has 2 N–H and O–H groups in total. The number of carboxylic acid groups (broad SMARTS) is 1. The number of aromatic amines is 1. The molecule has 0 saturated heterocycles. The van der Waals surface area contributed by atoms with Gasteiger partial charge in [-0.1, -0.05) is 6.42 Å². The summed E-state index contributed by atoms with van der Waals surface area (Å²) in [7, 11) is 4.66. The van der Waals surface area contributed by atoms with Crippen LogP contribution in [-0.4, -0.2) is 43.5 Å². The second-order valence-corrected chi connectivity index (χ2v) is 8.02. The van der Waals surface area contributed by atoms with Crippen LogP contribution in [0.15, 0.2) is 30.3 Å². The van der Waals surface area contributed by atoms with Crippen molar-refractivity contribution in [2.24, 2.45) is 0 Å². The van der Waals surface area contributed by atoms with Crippen LogP contribution in [0.1, 0.15) is 37.7 Å². The number of methoxy groups -OCH3 is 3. The summed E-state index contributed by atoms with van der Waals surface area (Å²) in [5.41, 5.74) is 2.89. The maximum atomic E-state index is 11.8. The Bertz CT molecular complexity index is 1110. The van der Waals surface area contributed by atoms with Crippen molar-refractivity contribution in [3.05, 3.63) is 35.9 Å². The van der Waals surface area contributed by atoms with Gasteiger partial charge in [0.25, 0.3) is 0 Å². The molecule has 1 aromatic heterocycles. The van der Waals surface area contributed by atoms with Crippen LogP contribution in [0.5, 0.6) is 23.0 Å². The van der Waals surface area contributed by atoms with Crippen LogP contribution in [0.25, 0.3) is 22.2 Å². The van der Waals surface area contributed by atoms with Gasteiger partial charge in [-0.15, -0.1) is 0 Å². The number of aliphatic carboxylic acids is 1. The van der Waals surface area contributed by atoms with Crippen LogP contribution in [-0.2, 0) is 11.2 Å². The van der Waals surface area contributed by atoms with Gasteiger partial charge in [0, 0.05) is 16.5 Å². The molecule has 1 saturated carbocycles. The topological polar surface area (TPSA) is 90.0 Å². The van der Waals surface area contributed by atoms with Crippen molar-refractivity contribution in [1.29, 1.82) is 0 Å². The largest absolute Gasteiger partial charge is 0.493 e. The molecule has 0 spiro atoms. The molecule has 170 valence electrons. The molecule has 7 nitrogen and oxygen atoms in total. The molecule has 1 aliphatic carbocycles. The Morgan fingerprint density at radius 2 is 1.75 bits per heavy atom. The summed E-state index contributed by atoms with van der Waals surface area (Å²) in [4.78, 5) is 15.1. The minimum atomic E-state index is -0.912. The monoisotopic (exact) mass is 439 g/mol. The number of hydrogen-bond donors (Lipinski definition) is 2. The van der Waals surface area contributed by atoms with E-state index in [1.807, 2.05) is 24.3 Å². The van der Waals surface area contributed by atoms with E-state index in [0.717, 1.165) is 29.5 Å². The Morgan fingerprint density at radius 1 is 1.00 bits per heavy atom. The van der Waals surface area contributed by atoms with Gasteiger partial charge in [-0.3, -0.25) is 4.79 Å². The fourth-order valence-electron chi connectivity index (χ4n) is 4.54. The molecular formula is C25H29NO6. The number of H-pyrrole nitrogens is 1. The average Bonchev–Trinajstić information content (AvgIpc) is 3.15. The van der Waals surface area contributed by atoms with Crippen LogP contribution in [0.3, 0.4) is 0 Å². The van der Waals surface area contributed by atoms with E-state index in [0.29, 0.717) is 34.1 Å². The molecular weight excluding hydrogens is 410 g/mol. The summed E-state index contributed by atoms with van der Waals surface area (Å²) >= 11 is 0. The van der Waals surface area contributed by atoms with Gasteiger partial charge < -0.3 is 29.0 Å². The van der Waals surface area contributed by atoms with Crippen molar-refractivity contribution < 1.29 is 28.8 Å². The first-order chi connectivity index (χ1) is 15.5. The lowest BCUT2D eigenvalue weighted by Crippen LogP contribution is -2.19. The molecule has 4 rings (SSSR count). The zero-order valence-corrected chi connectivity index (χ0v) is 18.7. The van der Waals surface area contributed by atoms with Crippen LogP contribution >= 0.6 is 0 Å². The van der Waals surface area contributed by atoms with E-state index < -0.39 is 5.97 Å². The Balaban J connectivity index is 1.83. The van der Waals surface area contributed by atoms with Crippen LogP contribution < -0.4 is 18.9 Å². The van der Waals surface area contributed by atoms with Crippen molar-refractivity contribution in [3.8, 4) is 34.3 Å². The Kier molecular flexibility index (Phi) is 6.44. The Hall–Kier alpha value is -3.35. The highest BCUT2D eigenvalue weighted by Gasteiger charge is 2.23. The number of carboxylic acids is 1.